The van der Waals surface area contributed by atoms with Gasteiger partial charge in [0.1, 0.15) is 0 Å². The van der Waals surface area contributed by atoms with Gasteiger partial charge in [-0.05, 0) is 62.7 Å². The zero-order valence-corrected chi connectivity index (χ0v) is 15.0. The summed E-state index contributed by atoms with van der Waals surface area (Å²) >= 11 is 0. The number of rotatable bonds is 5. The summed E-state index contributed by atoms with van der Waals surface area (Å²) in [5.41, 5.74) is 8.79. The first-order valence-electron chi connectivity index (χ1n) is 9.28. The predicted octanol–water partition coefficient (Wildman–Crippen LogP) is 2.52. The Hall–Kier alpha value is -1.39. The number of carbonyl (C=O) groups excluding carboxylic acids is 1. The van der Waals surface area contributed by atoms with Crippen molar-refractivity contribution >= 4 is 5.91 Å². The van der Waals surface area contributed by atoms with E-state index in [0.717, 1.165) is 19.4 Å². The number of hydrogen-bond donors (Lipinski definition) is 2. The summed E-state index contributed by atoms with van der Waals surface area (Å²) in [6.45, 7) is 1.57. The van der Waals surface area contributed by atoms with Crippen LogP contribution in [0.1, 0.15) is 43.2 Å². The van der Waals surface area contributed by atoms with E-state index >= 15 is 0 Å². The lowest BCUT2D eigenvalue weighted by Gasteiger charge is -2.43. The van der Waals surface area contributed by atoms with E-state index in [1.807, 2.05) is 0 Å². The van der Waals surface area contributed by atoms with Crippen molar-refractivity contribution in [3.05, 3.63) is 35.4 Å². The van der Waals surface area contributed by atoms with E-state index < -0.39 is 0 Å². The van der Waals surface area contributed by atoms with Crippen molar-refractivity contribution in [3.8, 4) is 0 Å². The number of hydrogen-bond acceptors (Lipinski definition) is 3. The minimum atomic E-state index is 0.160. The molecule has 2 fully saturated rings. The third kappa shape index (κ3) is 4.17. The average molecular weight is 329 g/mol. The van der Waals surface area contributed by atoms with Crippen LogP contribution in [0.2, 0.25) is 0 Å². The summed E-state index contributed by atoms with van der Waals surface area (Å²) in [7, 11) is 4.14. The SMILES string of the molecule is CN(C)Cc1ccc(CNC(=O)C2CC3CCCC(C2)C3N)cc1. The molecule has 2 unspecified atom stereocenters. The van der Waals surface area contributed by atoms with Gasteiger partial charge in [-0.1, -0.05) is 30.7 Å². The molecule has 1 aromatic rings. The third-order valence-corrected chi connectivity index (χ3v) is 5.77. The fourth-order valence-corrected chi connectivity index (χ4v) is 4.46. The van der Waals surface area contributed by atoms with Crippen LogP contribution in [-0.2, 0) is 17.9 Å². The highest BCUT2D eigenvalue weighted by molar-refractivity contribution is 5.78. The van der Waals surface area contributed by atoms with Crippen molar-refractivity contribution in [1.29, 1.82) is 0 Å². The Morgan fingerprint density at radius 2 is 1.71 bits per heavy atom. The maximum Gasteiger partial charge on any atom is 0.223 e. The van der Waals surface area contributed by atoms with E-state index in [9.17, 15) is 4.79 Å². The second kappa shape index (κ2) is 7.66. The van der Waals surface area contributed by atoms with Crippen molar-refractivity contribution in [1.82, 2.24) is 10.2 Å². The summed E-state index contributed by atoms with van der Waals surface area (Å²) in [5.74, 6) is 1.49. The van der Waals surface area contributed by atoms with Crippen molar-refractivity contribution in [2.24, 2.45) is 23.5 Å². The van der Waals surface area contributed by atoms with Gasteiger partial charge in [-0.25, -0.2) is 0 Å². The monoisotopic (exact) mass is 329 g/mol. The third-order valence-electron chi connectivity index (χ3n) is 5.77. The first-order chi connectivity index (χ1) is 11.5. The van der Waals surface area contributed by atoms with Crippen molar-refractivity contribution < 1.29 is 4.79 Å². The van der Waals surface area contributed by atoms with E-state index in [1.165, 1.54) is 30.4 Å². The molecular weight excluding hydrogens is 298 g/mol. The largest absolute Gasteiger partial charge is 0.352 e. The molecule has 4 heteroatoms. The van der Waals surface area contributed by atoms with Crippen LogP contribution < -0.4 is 11.1 Å². The van der Waals surface area contributed by atoms with Gasteiger partial charge in [0.15, 0.2) is 0 Å². The molecule has 1 amide bonds. The fourth-order valence-electron chi connectivity index (χ4n) is 4.46. The summed E-state index contributed by atoms with van der Waals surface area (Å²) in [5, 5.41) is 3.14. The van der Waals surface area contributed by atoms with Crippen molar-refractivity contribution in [2.45, 2.75) is 51.2 Å². The first kappa shape index (κ1) is 17.4. The second-order valence-electron chi connectivity index (χ2n) is 7.97. The highest BCUT2D eigenvalue weighted by Crippen LogP contribution is 2.41. The van der Waals surface area contributed by atoms with Gasteiger partial charge in [-0.15, -0.1) is 0 Å². The maximum atomic E-state index is 12.6. The molecule has 0 aromatic heterocycles. The van der Waals surface area contributed by atoms with Crippen LogP contribution in [-0.4, -0.2) is 30.9 Å². The molecule has 0 saturated heterocycles. The molecule has 0 spiro atoms. The molecule has 24 heavy (non-hydrogen) atoms. The lowest BCUT2D eigenvalue weighted by molar-refractivity contribution is -0.128. The molecule has 0 heterocycles. The van der Waals surface area contributed by atoms with Gasteiger partial charge < -0.3 is 16.0 Å². The van der Waals surface area contributed by atoms with Gasteiger partial charge in [-0.3, -0.25) is 4.79 Å². The normalized spacial score (nSPS) is 29.5. The van der Waals surface area contributed by atoms with Crippen molar-refractivity contribution in [3.63, 3.8) is 0 Å². The minimum absolute atomic E-state index is 0.160. The molecule has 4 nitrogen and oxygen atoms in total. The number of amides is 1. The fraction of sp³-hybridized carbons (Fsp3) is 0.650. The lowest BCUT2D eigenvalue weighted by Crippen LogP contribution is -2.49. The summed E-state index contributed by atoms with van der Waals surface area (Å²) < 4.78 is 0. The Kier molecular flexibility index (Phi) is 5.57. The summed E-state index contributed by atoms with van der Waals surface area (Å²) in [6, 6.07) is 8.85. The second-order valence-corrected chi connectivity index (χ2v) is 7.97. The molecular formula is C20H31N3O. The van der Waals surface area contributed by atoms with Crippen LogP contribution in [0, 0.1) is 17.8 Å². The summed E-state index contributed by atoms with van der Waals surface area (Å²) in [4.78, 5) is 14.7. The van der Waals surface area contributed by atoms with Crippen LogP contribution in [0.25, 0.3) is 0 Å². The predicted molar refractivity (Wildman–Crippen MR) is 97.2 cm³/mol. The minimum Gasteiger partial charge on any atom is -0.352 e. The number of benzene rings is 1. The maximum absolute atomic E-state index is 12.6. The van der Waals surface area contributed by atoms with Gasteiger partial charge in [-0.2, -0.15) is 0 Å². The van der Waals surface area contributed by atoms with Gasteiger partial charge in [0.05, 0.1) is 0 Å². The van der Waals surface area contributed by atoms with Crippen LogP contribution in [0.3, 0.4) is 0 Å². The first-order valence-corrected chi connectivity index (χ1v) is 9.28. The van der Waals surface area contributed by atoms with Crippen molar-refractivity contribution in [2.75, 3.05) is 14.1 Å². The Balaban J connectivity index is 1.50. The van der Waals surface area contributed by atoms with E-state index in [0.29, 0.717) is 24.4 Å². The highest BCUT2D eigenvalue weighted by atomic mass is 16.1. The molecule has 132 valence electrons. The van der Waals surface area contributed by atoms with Crippen LogP contribution >= 0.6 is 0 Å². The van der Waals surface area contributed by atoms with Gasteiger partial charge >= 0.3 is 0 Å². The standard InChI is InChI=1S/C20H31N3O/c1-23(2)13-15-8-6-14(7-9-15)12-22-20(24)18-10-16-4-3-5-17(11-18)19(16)21/h6-9,16-19H,3-5,10-13,21H2,1-2H3,(H,22,24). The number of nitrogens with one attached hydrogen (secondary N) is 1. The zero-order valence-electron chi connectivity index (χ0n) is 15.0. The van der Waals surface area contributed by atoms with E-state index in [-0.39, 0.29) is 11.8 Å². The van der Waals surface area contributed by atoms with E-state index in [1.54, 1.807) is 0 Å². The lowest BCUT2D eigenvalue weighted by atomic mass is 9.65. The molecule has 2 aliphatic carbocycles. The van der Waals surface area contributed by atoms with Crippen LogP contribution in [0.4, 0.5) is 0 Å². The number of nitrogens with two attached hydrogens (primary N) is 1. The molecule has 2 atom stereocenters. The molecule has 2 saturated carbocycles. The number of fused-ring (bicyclic) bond motifs is 2. The number of nitrogens with zero attached hydrogens (tertiary/aromatic N) is 1. The smallest absolute Gasteiger partial charge is 0.223 e. The van der Waals surface area contributed by atoms with Gasteiger partial charge in [0.2, 0.25) is 5.91 Å². The van der Waals surface area contributed by atoms with Gasteiger partial charge in [0, 0.05) is 25.0 Å². The zero-order chi connectivity index (χ0) is 17.1. The highest BCUT2D eigenvalue weighted by Gasteiger charge is 2.40. The van der Waals surface area contributed by atoms with Crippen LogP contribution in [0.5, 0.6) is 0 Å². The average Bonchev–Trinajstić information content (AvgIpc) is 2.53. The molecule has 3 N–H and O–H groups in total. The quantitative estimate of drug-likeness (QED) is 0.873. The van der Waals surface area contributed by atoms with E-state index in [2.05, 4.69) is 48.6 Å². The number of carbonyl (C=O) groups is 1. The molecule has 1 aromatic carbocycles. The van der Waals surface area contributed by atoms with Gasteiger partial charge in [0.25, 0.3) is 0 Å². The Morgan fingerprint density at radius 3 is 2.29 bits per heavy atom. The Morgan fingerprint density at radius 1 is 1.12 bits per heavy atom. The molecule has 2 aliphatic rings. The topological polar surface area (TPSA) is 58.4 Å². The molecule has 0 aliphatic heterocycles. The molecule has 2 bridgehead atoms. The van der Waals surface area contributed by atoms with E-state index in [4.69, 9.17) is 5.73 Å². The van der Waals surface area contributed by atoms with Crippen LogP contribution in [0.15, 0.2) is 24.3 Å². The molecule has 3 rings (SSSR count). The Bertz CT molecular complexity index is 541. The summed E-state index contributed by atoms with van der Waals surface area (Å²) in [6.07, 6.45) is 5.65. The molecule has 0 radical (unpaired) electrons. The Labute approximate surface area is 145 Å².